The van der Waals surface area contributed by atoms with E-state index in [1.807, 2.05) is 12.1 Å². The monoisotopic (exact) mass is 236 g/mol. The van der Waals surface area contributed by atoms with Crippen LogP contribution in [0.4, 0.5) is 5.82 Å². The second-order valence-electron chi connectivity index (χ2n) is 4.79. The molecule has 1 N–H and O–H groups in total. The summed E-state index contributed by atoms with van der Waals surface area (Å²) < 4.78 is 5.69. The second-order valence-corrected chi connectivity index (χ2v) is 4.79. The minimum Gasteiger partial charge on any atom is -0.389 e. The van der Waals surface area contributed by atoms with Crippen molar-refractivity contribution >= 4 is 5.82 Å². The van der Waals surface area contributed by atoms with Gasteiger partial charge in [0.25, 0.3) is 0 Å². The van der Waals surface area contributed by atoms with Gasteiger partial charge in [-0.1, -0.05) is 6.07 Å². The van der Waals surface area contributed by atoms with Gasteiger partial charge in [0.2, 0.25) is 0 Å². The summed E-state index contributed by atoms with van der Waals surface area (Å²) in [6.45, 7) is 7.63. The number of aliphatic hydroxyl groups excluding tert-OH is 1. The molecule has 94 valence electrons. The van der Waals surface area contributed by atoms with Crippen LogP contribution in [0.15, 0.2) is 18.3 Å². The zero-order valence-electron chi connectivity index (χ0n) is 10.6. The van der Waals surface area contributed by atoms with E-state index in [1.54, 1.807) is 13.1 Å². The van der Waals surface area contributed by atoms with Crippen LogP contribution in [0, 0.1) is 0 Å². The molecular weight excluding hydrogens is 216 g/mol. The molecule has 0 radical (unpaired) electrons. The Kier molecular flexibility index (Phi) is 3.64. The number of ether oxygens (including phenoxy) is 1. The van der Waals surface area contributed by atoms with Crippen molar-refractivity contribution in [1.82, 2.24) is 4.98 Å². The molecule has 4 heteroatoms. The van der Waals surface area contributed by atoms with Gasteiger partial charge in [-0.3, -0.25) is 0 Å². The average Bonchev–Trinajstić information content (AvgIpc) is 2.28. The lowest BCUT2D eigenvalue weighted by molar-refractivity contribution is -0.00546. The Hall–Kier alpha value is -1.13. The summed E-state index contributed by atoms with van der Waals surface area (Å²) in [5.41, 5.74) is 0.850. The molecule has 2 unspecified atom stereocenters. The minimum absolute atomic E-state index is 0.233. The van der Waals surface area contributed by atoms with E-state index in [4.69, 9.17) is 4.74 Å². The third kappa shape index (κ3) is 2.96. The standard InChI is InChI=1S/C13H20N2O2/c1-9-7-15(8-10(2)17-9)13-5-4-12(6-14-13)11(3)16/h4-6,9-11,16H,7-8H2,1-3H3/t9?,10?,11-/m1/s1. The molecule has 1 aromatic rings. The van der Waals surface area contributed by atoms with Crippen LogP contribution in [0.5, 0.6) is 0 Å². The number of rotatable bonds is 2. The SMILES string of the molecule is CC1CN(c2ccc([C@@H](C)O)cn2)CC(C)O1. The predicted octanol–water partition coefficient (Wildman–Crippen LogP) is 1.75. The molecule has 1 aromatic heterocycles. The van der Waals surface area contributed by atoms with E-state index >= 15 is 0 Å². The normalized spacial score (nSPS) is 26.9. The van der Waals surface area contributed by atoms with E-state index in [-0.39, 0.29) is 12.2 Å². The number of pyridine rings is 1. The van der Waals surface area contributed by atoms with Crippen LogP contribution < -0.4 is 4.90 Å². The van der Waals surface area contributed by atoms with Crippen molar-refractivity contribution in [3.63, 3.8) is 0 Å². The van der Waals surface area contributed by atoms with E-state index in [2.05, 4.69) is 23.7 Å². The molecule has 0 saturated carbocycles. The number of morpholine rings is 1. The first-order chi connectivity index (χ1) is 8.06. The molecule has 0 spiro atoms. The zero-order chi connectivity index (χ0) is 12.4. The maximum Gasteiger partial charge on any atom is 0.128 e. The predicted molar refractivity (Wildman–Crippen MR) is 67.1 cm³/mol. The zero-order valence-corrected chi connectivity index (χ0v) is 10.6. The Morgan fingerprint density at radius 1 is 1.35 bits per heavy atom. The quantitative estimate of drug-likeness (QED) is 0.849. The summed E-state index contributed by atoms with van der Waals surface area (Å²) in [4.78, 5) is 6.63. The summed E-state index contributed by atoms with van der Waals surface area (Å²) in [5.74, 6) is 0.955. The summed E-state index contributed by atoms with van der Waals surface area (Å²) in [6.07, 6.45) is 1.75. The molecule has 2 heterocycles. The molecule has 1 aliphatic rings. The molecule has 17 heavy (non-hydrogen) atoms. The topological polar surface area (TPSA) is 45.6 Å². The van der Waals surface area contributed by atoms with E-state index in [1.165, 1.54) is 0 Å². The molecule has 1 saturated heterocycles. The number of aliphatic hydroxyl groups is 1. The van der Waals surface area contributed by atoms with E-state index in [0.717, 1.165) is 24.5 Å². The first-order valence-electron chi connectivity index (χ1n) is 6.10. The van der Waals surface area contributed by atoms with Gasteiger partial charge in [0, 0.05) is 19.3 Å². The van der Waals surface area contributed by atoms with Crippen molar-refractivity contribution in [3.05, 3.63) is 23.9 Å². The fourth-order valence-corrected chi connectivity index (χ4v) is 2.20. The third-order valence-corrected chi connectivity index (χ3v) is 3.00. The Bertz CT molecular complexity index is 354. The highest BCUT2D eigenvalue weighted by Gasteiger charge is 2.22. The van der Waals surface area contributed by atoms with Gasteiger partial charge in [-0.2, -0.15) is 0 Å². The first kappa shape index (κ1) is 12.3. The van der Waals surface area contributed by atoms with Crippen LogP contribution in [-0.2, 0) is 4.74 Å². The van der Waals surface area contributed by atoms with Crippen molar-refractivity contribution in [2.75, 3.05) is 18.0 Å². The molecular formula is C13H20N2O2. The molecule has 4 nitrogen and oxygen atoms in total. The van der Waals surface area contributed by atoms with Crippen LogP contribution in [-0.4, -0.2) is 35.4 Å². The van der Waals surface area contributed by atoms with Gasteiger partial charge >= 0.3 is 0 Å². The Labute approximate surface area is 102 Å². The maximum absolute atomic E-state index is 9.44. The van der Waals surface area contributed by atoms with Crippen molar-refractivity contribution in [1.29, 1.82) is 0 Å². The molecule has 0 amide bonds. The smallest absolute Gasteiger partial charge is 0.128 e. The van der Waals surface area contributed by atoms with Gasteiger partial charge in [0.05, 0.1) is 18.3 Å². The van der Waals surface area contributed by atoms with E-state index in [0.29, 0.717) is 0 Å². The number of anilines is 1. The van der Waals surface area contributed by atoms with Crippen molar-refractivity contribution < 1.29 is 9.84 Å². The summed E-state index contributed by atoms with van der Waals surface area (Å²) in [5, 5.41) is 9.44. The fourth-order valence-electron chi connectivity index (χ4n) is 2.20. The highest BCUT2D eigenvalue weighted by molar-refractivity contribution is 5.40. The fraction of sp³-hybridized carbons (Fsp3) is 0.615. The first-order valence-corrected chi connectivity index (χ1v) is 6.10. The lowest BCUT2D eigenvalue weighted by Crippen LogP contribution is -2.45. The highest BCUT2D eigenvalue weighted by atomic mass is 16.5. The Morgan fingerprint density at radius 2 is 2.00 bits per heavy atom. The van der Waals surface area contributed by atoms with Crippen molar-refractivity contribution in [2.24, 2.45) is 0 Å². The molecule has 3 atom stereocenters. The third-order valence-electron chi connectivity index (χ3n) is 3.00. The number of hydrogen-bond acceptors (Lipinski definition) is 4. The number of hydrogen-bond donors (Lipinski definition) is 1. The highest BCUT2D eigenvalue weighted by Crippen LogP contribution is 2.20. The Morgan fingerprint density at radius 3 is 2.47 bits per heavy atom. The average molecular weight is 236 g/mol. The van der Waals surface area contributed by atoms with Crippen LogP contribution in [0.3, 0.4) is 0 Å². The molecule has 0 aliphatic carbocycles. The summed E-state index contributed by atoms with van der Waals surface area (Å²) in [6, 6.07) is 3.89. The molecule has 2 rings (SSSR count). The molecule has 1 aliphatic heterocycles. The van der Waals surface area contributed by atoms with Crippen molar-refractivity contribution in [3.8, 4) is 0 Å². The molecule has 0 bridgehead atoms. The van der Waals surface area contributed by atoms with E-state index in [9.17, 15) is 5.11 Å². The number of nitrogens with zero attached hydrogens (tertiary/aromatic N) is 2. The summed E-state index contributed by atoms with van der Waals surface area (Å²) >= 11 is 0. The number of aromatic nitrogens is 1. The molecule has 1 fully saturated rings. The lowest BCUT2D eigenvalue weighted by Gasteiger charge is -2.36. The van der Waals surface area contributed by atoms with E-state index < -0.39 is 6.10 Å². The largest absolute Gasteiger partial charge is 0.389 e. The maximum atomic E-state index is 9.44. The van der Waals surface area contributed by atoms with Crippen LogP contribution >= 0.6 is 0 Å². The lowest BCUT2D eigenvalue weighted by atomic mass is 10.2. The van der Waals surface area contributed by atoms with Crippen LogP contribution in [0.2, 0.25) is 0 Å². The molecule has 0 aromatic carbocycles. The van der Waals surface area contributed by atoms with Crippen molar-refractivity contribution in [2.45, 2.75) is 39.1 Å². The van der Waals surface area contributed by atoms with Crippen LogP contribution in [0.25, 0.3) is 0 Å². The van der Waals surface area contributed by atoms with Gasteiger partial charge in [-0.05, 0) is 32.4 Å². The second kappa shape index (κ2) is 5.02. The summed E-state index contributed by atoms with van der Waals surface area (Å²) in [7, 11) is 0. The Balaban J connectivity index is 2.11. The van der Waals surface area contributed by atoms with Gasteiger partial charge in [-0.15, -0.1) is 0 Å². The van der Waals surface area contributed by atoms with Gasteiger partial charge in [0.15, 0.2) is 0 Å². The van der Waals surface area contributed by atoms with Crippen LogP contribution in [0.1, 0.15) is 32.4 Å². The van der Waals surface area contributed by atoms with Gasteiger partial charge in [0.1, 0.15) is 5.82 Å². The minimum atomic E-state index is -0.459. The van der Waals surface area contributed by atoms with Gasteiger partial charge in [-0.25, -0.2) is 4.98 Å². The van der Waals surface area contributed by atoms with Gasteiger partial charge < -0.3 is 14.7 Å².